The van der Waals surface area contributed by atoms with Gasteiger partial charge in [-0.15, -0.1) is 0 Å². The number of anilines is 1. The first-order valence-corrected chi connectivity index (χ1v) is 7.84. The van der Waals surface area contributed by atoms with Crippen molar-refractivity contribution in [2.45, 2.75) is 25.9 Å². The third-order valence-electron chi connectivity index (χ3n) is 3.72. The lowest BCUT2D eigenvalue weighted by Crippen LogP contribution is -2.37. The molecule has 2 heterocycles. The zero-order valence-corrected chi connectivity index (χ0v) is 12.1. The minimum absolute atomic E-state index is 0.537. The van der Waals surface area contributed by atoms with Crippen LogP contribution in [0.1, 0.15) is 18.1 Å². The van der Waals surface area contributed by atoms with Gasteiger partial charge in [-0.1, -0.05) is 18.2 Å². The molecule has 1 aromatic carbocycles. The Labute approximate surface area is 119 Å². The Morgan fingerprint density at radius 1 is 1.32 bits per heavy atom. The van der Waals surface area contributed by atoms with Gasteiger partial charge in [0.2, 0.25) is 0 Å². The van der Waals surface area contributed by atoms with Crippen LogP contribution in [0, 0.1) is 0 Å². The van der Waals surface area contributed by atoms with Gasteiger partial charge in [-0.05, 0) is 47.4 Å². The first kappa shape index (κ1) is 12.7. The van der Waals surface area contributed by atoms with E-state index in [-0.39, 0.29) is 0 Å². The molecule has 1 N–H and O–H groups in total. The van der Waals surface area contributed by atoms with E-state index >= 15 is 0 Å². The highest BCUT2D eigenvalue weighted by atomic mass is 32.1. The number of rotatable bonds is 3. The molecule has 1 aliphatic heterocycles. The Kier molecular flexibility index (Phi) is 3.85. The number of nitrogens with zero attached hydrogens (tertiary/aromatic N) is 1. The van der Waals surface area contributed by atoms with Crippen LogP contribution in [-0.2, 0) is 13.0 Å². The van der Waals surface area contributed by atoms with Gasteiger partial charge in [0, 0.05) is 31.4 Å². The molecule has 0 aliphatic carbocycles. The molecular formula is C16H20N2S. The lowest BCUT2D eigenvalue weighted by molar-refractivity contribution is 0.553. The Bertz CT molecular complexity index is 521. The van der Waals surface area contributed by atoms with Crippen molar-refractivity contribution in [3.63, 3.8) is 0 Å². The first-order chi connectivity index (χ1) is 9.33. The van der Waals surface area contributed by atoms with E-state index in [1.807, 2.05) is 0 Å². The van der Waals surface area contributed by atoms with Crippen LogP contribution < -0.4 is 10.2 Å². The monoisotopic (exact) mass is 272 g/mol. The Balaban J connectivity index is 1.78. The van der Waals surface area contributed by atoms with E-state index in [1.54, 1.807) is 11.3 Å². The number of thiophene rings is 1. The van der Waals surface area contributed by atoms with Crippen molar-refractivity contribution in [1.29, 1.82) is 0 Å². The average molecular weight is 272 g/mol. The molecule has 2 aromatic rings. The minimum atomic E-state index is 0.537. The SMILES string of the molecule is CC1CN(CCc2ccsc2)c2ccccc2CN1. The zero-order valence-electron chi connectivity index (χ0n) is 11.3. The predicted molar refractivity (Wildman–Crippen MR) is 83.0 cm³/mol. The van der Waals surface area contributed by atoms with Crippen molar-refractivity contribution in [2.24, 2.45) is 0 Å². The summed E-state index contributed by atoms with van der Waals surface area (Å²) < 4.78 is 0. The quantitative estimate of drug-likeness (QED) is 0.922. The summed E-state index contributed by atoms with van der Waals surface area (Å²) in [5.41, 5.74) is 4.26. The molecule has 19 heavy (non-hydrogen) atoms. The molecule has 0 amide bonds. The maximum atomic E-state index is 3.58. The molecule has 1 unspecified atom stereocenters. The van der Waals surface area contributed by atoms with Crippen LogP contribution in [0.15, 0.2) is 41.1 Å². The van der Waals surface area contributed by atoms with Crippen molar-refractivity contribution in [2.75, 3.05) is 18.0 Å². The number of fused-ring (bicyclic) bond motifs is 1. The minimum Gasteiger partial charge on any atom is -0.369 e. The van der Waals surface area contributed by atoms with E-state index in [2.05, 4.69) is 58.2 Å². The van der Waals surface area contributed by atoms with Gasteiger partial charge in [-0.2, -0.15) is 11.3 Å². The first-order valence-electron chi connectivity index (χ1n) is 6.90. The van der Waals surface area contributed by atoms with Crippen molar-refractivity contribution >= 4 is 17.0 Å². The number of hydrogen-bond donors (Lipinski definition) is 1. The number of para-hydroxylation sites is 1. The van der Waals surface area contributed by atoms with Gasteiger partial charge < -0.3 is 10.2 Å². The van der Waals surface area contributed by atoms with Gasteiger partial charge in [0.15, 0.2) is 0 Å². The Morgan fingerprint density at radius 2 is 2.21 bits per heavy atom. The molecule has 2 nitrogen and oxygen atoms in total. The van der Waals surface area contributed by atoms with Gasteiger partial charge in [-0.25, -0.2) is 0 Å². The van der Waals surface area contributed by atoms with Gasteiger partial charge >= 0.3 is 0 Å². The van der Waals surface area contributed by atoms with Gasteiger partial charge in [0.05, 0.1) is 0 Å². The summed E-state index contributed by atoms with van der Waals surface area (Å²) in [6.07, 6.45) is 1.13. The molecule has 0 fully saturated rings. The van der Waals surface area contributed by atoms with Crippen molar-refractivity contribution in [1.82, 2.24) is 5.32 Å². The average Bonchev–Trinajstić information content (AvgIpc) is 2.89. The smallest absolute Gasteiger partial charge is 0.0412 e. The zero-order chi connectivity index (χ0) is 13.1. The summed E-state index contributed by atoms with van der Waals surface area (Å²) in [5.74, 6) is 0. The largest absolute Gasteiger partial charge is 0.369 e. The van der Waals surface area contributed by atoms with E-state index in [9.17, 15) is 0 Å². The second-order valence-electron chi connectivity index (χ2n) is 5.24. The topological polar surface area (TPSA) is 15.3 Å². The fourth-order valence-electron chi connectivity index (χ4n) is 2.66. The third-order valence-corrected chi connectivity index (χ3v) is 4.45. The molecule has 100 valence electrons. The van der Waals surface area contributed by atoms with E-state index in [4.69, 9.17) is 0 Å². The van der Waals surface area contributed by atoms with Gasteiger partial charge in [-0.3, -0.25) is 0 Å². The van der Waals surface area contributed by atoms with Crippen LogP contribution in [0.25, 0.3) is 0 Å². The van der Waals surface area contributed by atoms with Crippen LogP contribution >= 0.6 is 11.3 Å². The van der Waals surface area contributed by atoms with Crippen molar-refractivity contribution in [3.8, 4) is 0 Å². The highest BCUT2D eigenvalue weighted by Gasteiger charge is 2.18. The highest BCUT2D eigenvalue weighted by molar-refractivity contribution is 7.07. The third kappa shape index (κ3) is 2.99. The van der Waals surface area contributed by atoms with Crippen molar-refractivity contribution < 1.29 is 0 Å². The fraction of sp³-hybridized carbons (Fsp3) is 0.375. The van der Waals surface area contributed by atoms with Crippen LogP contribution in [0.5, 0.6) is 0 Å². The standard InChI is InChI=1S/C16H20N2S/c1-13-11-18(8-6-14-7-9-19-12-14)16-5-3-2-4-15(16)10-17-13/h2-5,7,9,12-13,17H,6,8,10-11H2,1H3. The molecule has 0 saturated carbocycles. The van der Waals surface area contributed by atoms with Gasteiger partial charge in [0.1, 0.15) is 0 Å². The van der Waals surface area contributed by atoms with Crippen molar-refractivity contribution in [3.05, 3.63) is 52.2 Å². The highest BCUT2D eigenvalue weighted by Crippen LogP contribution is 2.23. The summed E-state index contributed by atoms with van der Waals surface area (Å²) >= 11 is 1.79. The lowest BCUT2D eigenvalue weighted by Gasteiger charge is -2.26. The molecule has 3 rings (SSSR count). The van der Waals surface area contributed by atoms with Crippen LogP contribution in [0.3, 0.4) is 0 Å². The molecule has 0 spiro atoms. The van der Waals surface area contributed by atoms with Gasteiger partial charge in [0.25, 0.3) is 0 Å². The molecule has 1 aliphatic rings. The number of benzene rings is 1. The number of hydrogen-bond acceptors (Lipinski definition) is 3. The maximum absolute atomic E-state index is 3.58. The van der Waals surface area contributed by atoms with Crippen LogP contribution in [-0.4, -0.2) is 19.1 Å². The van der Waals surface area contributed by atoms with E-state index in [1.165, 1.54) is 16.8 Å². The second kappa shape index (κ2) is 5.76. The summed E-state index contributed by atoms with van der Waals surface area (Å²) in [6, 6.07) is 11.5. The lowest BCUT2D eigenvalue weighted by atomic mass is 10.1. The number of nitrogens with one attached hydrogen (secondary N) is 1. The van der Waals surface area contributed by atoms with E-state index in [0.717, 1.165) is 26.1 Å². The molecule has 0 radical (unpaired) electrons. The maximum Gasteiger partial charge on any atom is 0.0412 e. The predicted octanol–water partition coefficient (Wildman–Crippen LogP) is 3.29. The Morgan fingerprint density at radius 3 is 3.05 bits per heavy atom. The summed E-state index contributed by atoms with van der Waals surface area (Å²) in [6.45, 7) is 5.43. The normalized spacial score (nSPS) is 19.0. The fourth-order valence-corrected chi connectivity index (χ4v) is 3.36. The van der Waals surface area contributed by atoms with E-state index in [0.29, 0.717) is 6.04 Å². The summed E-state index contributed by atoms with van der Waals surface area (Å²) in [5, 5.41) is 8.00. The molecule has 1 atom stereocenters. The second-order valence-corrected chi connectivity index (χ2v) is 6.02. The summed E-state index contributed by atoms with van der Waals surface area (Å²) in [7, 11) is 0. The molecule has 0 bridgehead atoms. The van der Waals surface area contributed by atoms with Crippen LogP contribution in [0.2, 0.25) is 0 Å². The van der Waals surface area contributed by atoms with Crippen LogP contribution in [0.4, 0.5) is 5.69 Å². The molecule has 1 aromatic heterocycles. The summed E-state index contributed by atoms with van der Waals surface area (Å²) in [4.78, 5) is 2.53. The Hall–Kier alpha value is -1.32. The molecular weight excluding hydrogens is 252 g/mol. The molecule has 0 saturated heterocycles. The molecule has 3 heteroatoms. The van der Waals surface area contributed by atoms with E-state index < -0.39 is 0 Å².